The number of hydrogen-bond donors (Lipinski definition) is 3. The third kappa shape index (κ3) is 5.03. The first-order chi connectivity index (χ1) is 9.76. The molecule has 6 nitrogen and oxygen atoms in total. The second-order valence-corrected chi connectivity index (χ2v) is 4.94. The average Bonchev–Trinajstić information content (AvgIpc) is 2.40. The highest BCUT2D eigenvalue weighted by Gasteiger charge is 2.33. The van der Waals surface area contributed by atoms with Crippen molar-refractivity contribution < 1.29 is 28.9 Å². The lowest BCUT2D eigenvalue weighted by molar-refractivity contribution is -0.145. The quantitative estimate of drug-likeness (QED) is 0.696. The van der Waals surface area contributed by atoms with Gasteiger partial charge in [-0.2, -0.15) is 0 Å². The van der Waals surface area contributed by atoms with Crippen LogP contribution in [0.2, 0.25) is 0 Å². The standard InChI is InChI=1S/C14H18FNO5/c1-14(2,21-10-5-3-9(15)4-6-10)13(20)16-11(7-8-17)12(18)19/h3-6,11,17H,7-8H2,1-2H3,(H,16,20)(H,18,19). The number of rotatable bonds is 7. The molecule has 7 heteroatoms. The number of aliphatic hydroxyl groups excluding tert-OH is 1. The number of nitrogens with one attached hydrogen (secondary N) is 1. The van der Waals surface area contributed by atoms with Crippen LogP contribution in [0.1, 0.15) is 20.3 Å². The summed E-state index contributed by atoms with van der Waals surface area (Å²) in [7, 11) is 0. The highest BCUT2D eigenvalue weighted by atomic mass is 19.1. The van der Waals surface area contributed by atoms with E-state index < -0.39 is 29.3 Å². The van der Waals surface area contributed by atoms with Gasteiger partial charge >= 0.3 is 5.97 Å². The van der Waals surface area contributed by atoms with Crippen LogP contribution < -0.4 is 10.1 Å². The number of carbonyl (C=O) groups excluding carboxylic acids is 1. The number of carboxylic acids is 1. The molecule has 1 rings (SSSR count). The molecule has 1 atom stereocenters. The Morgan fingerprint density at radius 3 is 2.38 bits per heavy atom. The monoisotopic (exact) mass is 299 g/mol. The van der Waals surface area contributed by atoms with Crippen LogP contribution in [-0.2, 0) is 9.59 Å². The van der Waals surface area contributed by atoms with Crippen molar-refractivity contribution in [2.75, 3.05) is 6.61 Å². The molecule has 3 N–H and O–H groups in total. The number of ether oxygens (including phenoxy) is 1. The molecule has 0 radical (unpaired) electrons. The van der Waals surface area contributed by atoms with E-state index in [-0.39, 0.29) is 18.8 Å². The summed E-state index contributed by atoms with van der Waals surface area (Å²) in [5.41, 5.74) is -1.35. The van der Waals surface area contributed by atoms with Gasteiger partial charge in [0.25, 0.3) is 5.91 Å². The van der Waals surface area contributed by atoms with Crippen molar-refractivity contribution in [1.82, 2.24) is 5.32 Å². The summed E-state index contributed by atoms with van der Waals surface area (Å²) in [5.74, 6) is -2.04. The molecule has 0 bridgehead atoms. The lowest BCUT2D eigenvalue weighted by atomic mass is 10.1. The van der Waals surface area contributed by atoms with Gasteiger partial charge in [0, 0.05) is 13.0 Å². The number of amides is 1. The molecule has 1 aromatic rings. The van der Waals surface area contributed by atoms with Gasteiger partial charge in [-0.1, -0.05) is 0 Å². The fraction of sp³-hybridized carbons (Fsp3) is 0.429. The van der Waals surface area contributed by atoms with E-state index in [0.29, 0.717) is 0 Å². The van der Waals surface area contributed by atoms with E-state index >= 15 is 0 Å². The molecule has 0 aliphatic carbocycles. The van der Waals surface area contributed by atoms with E-state index in [9.17, 15) is 14.0 Å². The maximum absolute atomic E-state index is 12.8. The molecule has 0 saturated carbocycles. The Bertz CT molecular complexity index is 501. The van der Waals surface area contributed by atoms with E-state index in [0.717, 1.165) is 0 Å². The van der Waals surface area contributed by atoms with E-state index in [1.807, 2.05) is 0 Å². The number of benzene rings is 1. The number of hydrogen-bond acceptors (Lipinski definition) is 4. The third-order valence-electron chi connectivity index (χ3n) is 2.75. The van der Waals surface area contributed by atoms with Gasteiger partial charge in [0.2, 0.25) is 0 Å². The van der Waals surface area contributed by atoms with Crippen LogP contribution >= 0.6 is 0 Å². The van der Waals surface area contributed by atoms with Crippen LogP contribution in [0.4, 0.5) is 4.39 Å². The van der Waals surface area contributed by atoms with Gasteiger partial charge in [-0.15, -0.1) is 0 Å². The van der Waals surface area contributed by atoms with E-state index in [2.05, 4.69) is 5.32 Å². The molecule has 0 aliphatic rings. The molecule has 0 spiro atoms. The minimum atomic E-state index is -1.35. The fourth-order valence-electron chi connectivity index (χ4n) is 1.56. The van der Waals surface area contributed by atoms with Gasteiger partial charge < -0.3 is 20.3 Å². The molecule has 1 aromatic carbocycles. The van der Waals surface area contributed by atoms with Crippen molar-refractivity contribution in [3.8, 4) is 5.75 Å². The van der Waals surface area contributed by atoms with Crippen LogP contribution in [0.15, 0.2) is 24.3 Å². The maximum atomic E-state index is 12.8. The number of aliphatic carboxylic acids is 1. The number of carboxylic acid groups (broad SMARTS) is 1. The van der Waals surface area contributed by atoms with Crippen LogP contribution in [0.5, 0.6) is 5.75 Å². The first-order valence-corrected chi connectivity index (χ1v) is 6.35. The fourth-order valence-corrected chi connectivity index (χ4v) is 1.56. The molecule has 21 heavy (non-hydrogen) atoms. The highest BCUT2D eigenvalue weighted by molar-refractivity contribution is 5.88. The molecule has 0 fully saturated rings. The van der Waals surface area contributed by atoms with Gasteiger partial charge in [-0.05, 0) is 38.1 Å². The highest BCUT2D eigenvalue weighted by Crippen LogP contribution is 2.19. The minimum Gasteiger partial charge on any atom is -0.480 e. The summed E-state index contributed by atoms with van der Waals surface area (Å²) >= 11 is 0. The second-order valence-electron chi connectivity index (χ2n) is 4.94. The van der Waals surface area contributed by atoms with E-state index in [1.54, 1.807) is 0 Å². The average molecular weight is 299 g/mol. The predicted molar refractivity (Wildman–Crippen MR) is 72.4 cm³/mol. The summed E-state index contributed by atoms with van der Waals surface area (Å²) in [6.45, 7) is 2.56. The minimum absolute atomic E-state index is 0.103. The summed E-state index contributed by atoms with van der Waals surface area (Å²) in [6, 6.07) is 3.92. The Hall–Kier alpha value is -2.15. The zero-order valence-corrected chi connectivity index (χ0v) is 11.8. The number of aliphatic hydroxyl groups is 1. The topological polar surface area (TPSA) is 95.9 Å². The lowest BCUT2D eigenvalue weighted by Gasteiger charge is -2.27. The second kappa shape index (κ2) is 7.03. The maximum Gasteiger partial charge on any atom is 0.326 e. The Balaban J connectivity index is 2.74. The molecule has 0 saturated heterocycles. The Morgan fingerprint density at radius 2 is 1.90 bits per heavy atom. The third-order valence-corrected chi connectivity index (χ3v) is 2.75. The molecular formula is C14H18FNO5. The zero-order chi connectivity index (χ0) is 16.0. The normalized spacial score (nSPS) is 12.6. The van der Waals surface area contributed by atoms with Crippen molar-refractivity contribution in [3.63, 3.8) is 0 Å². The zero-order valence-electron chi connectivity index (χ0n) is 11.8. The van der Waals surface area contributed by atoms with Gasteiger partial charge in [0.1, 0.15) is 17.6 Å². The summed E-state index contributed by atoms with van der Waals surface area (Å²) < 4.78 is 18.2. The molecule has 1 unspecified atom stereocenters. The number of halogens is 1. The largest absolute Gasteiger partial charge is 0.480 e. The molecule has 0 aromatic heterocycles. The van der Waals surface area contributed by atoms with E-state index in [1.165, 1.54) is 38.1 Å². The molecule has 0 aliphatic heterocycles. The summed E-state index contributed by atoms with van der Waals surface area (Å²) in [5, 5.41) is 20.0. The molecule has 0 heterocycles. The smallest absolute Gasteiger partial charge is 0.326 e. The van der Waals surface area contributed by atoms with Crippen LogP contribution in [0, 0.1) is 5.82 Å². The molecule has 116 valence electrons. The van der Waals surface area contributed by atoms with Gasteiger partial charge in [0.15, 0.2) is 5.60 Å². The molecular weight excluding hydrogens is 281 g/mol. The van der Waals surface area contributed by atoms with Crippen molar-refractivity contribution in [1.29, 1.82) is 0 Å². The first-order valence-electron chi connectivity index (χ1n) is 6.35. The van der Waals surface area contributed by atoms with Crippen molar-refractivity contribution in [2.45, 2.75) is 31.9 Å². The Kier molecular flexibility index (Phi) is 5.66. The summed E-state index contributed by atoms with van der Waals surface area (Å²) in [4.78, 5) is 23.0. The van der Waals surface area contributed by atoms with Gasteiger partial charge in [0.05, 0.1) is 0 Å². The van der Waals surface area contributed by atoms with Crippen molar-refractivity contribution in [2.24, 2.45) is 0 Å². The first kappa shape index (κ1) is 16.9. The van der Waals surface area contributed by atoms with Crippen molar-refractivity contribution >= 4 is 11.9 Å². The van der Waals surface area contributed by atoms with Crippen LogP contribution in [0.3, 0.4) is 0 Å². The Morgan fingerprint density at radius 1 is 1.33 bits per heavy atom. The summed E-state index contributed by atoms with van der Waals surface area (Å²) in [6.07, 6.45) is -0.103. The van der Waals surface area contributed by atoms with E-state index in [4.69, 9.17) is 14.9 Å². The SMILES string of the molecule is CC(C)(Oc1ccc(F)cc1)C(=O)NC(CCO)C(=O)O. The van der Waals surface area contributed by atoms with Gasteiger partial charge in [-0.3, -0.25) is 4.79 Å². The van der Waals surface area contributed by atoms with Crippen molar-refractivity contribution in [3.05, 3.63) is 30.1 Å². The predicted octanol–water partition coefficient (Wildman–Crippen LogP) is 0.935. The number of carbonyl (C=O) groups is 2. The Labute approximate surface area is 121 Å². The van der Waals surface area contributed by atoms with Crippen LogP contribution in [0.25, 0.3) is 0 Å². The van der Waals surface area contributed by atoms with Gasteiger partial charge in [-0.25, -0.2) is 9.18 Å². The van der Waals surface area contributed by atoms with Crippen LogP contribution in [-0.4, -0.2) is 40.3 Å². The lowest BCUT2D eigenvalue weighted by Crippen LogP contribution is -2.52. The molecule has 1 amide bonds.